The Balaban J connectivity index is 1.34. The minimum absolute atomic E-state index is 0.0403. The molecule has 1 atom stereocenters. The van der Waals surface area contributed by atoms with Crippen molar-refractivity contribution in [2.75, 3.05) is 13.2 Å². The largest absolute Gasteiger partial charge is 0.449 e. The molecule has 1 aliphatic rings. The lowest BCUT2D eigenvalue weighted by molar-refractivity contribution is -0.115. The number of halogens is 1. The maximum Gasteiger partial charge on any atom is 0.407 e. The van der Waals surface area contributed by atoms with Crippen LogP contribution in [0.3, 0.4) is 0 Å². The molecule has 0 aromatic heterocycles. The van der Waals surface area contributed by atoms with Gasteiger partial charge in [-0.3, -0.25) is 4.79 Å². The minimum atomic E-state index is -0.985. The number of hydrogen-bond donors (Lipinski definition) is 1. The van der Waals surface area contributed by atoms with Crippen molar-refractivity contribution in [3.8, 4) is 11.1 Å². The second-order valence-corrected chi connectivity index (χ2v) is 7.70. The van der Waals surface area contributed by atoms with E-state index in [4.69, 9.17) is 21.1 Å². The summed E-state index contributed by atoms with van der Waals surface area (Å²) in [6.45, 7) is 0.434. The molecule has 31 heavy (non-hydrogen) atoms. The lowest BCUT2D eigenvalue weighted by Crippen LogP contribution is -2.42. The van der Waals surface area contributed by atoms with Crippen molar-refractivity contribution in [3.63, 3.8) is 0 Å². The fourth-order valence-corrected chi connectivity index (χ4v) is 3.93. The molecule has 0 fully saturated rings. The molecule has 0 unspecified atom stereocenters. The van der Waals surface area contributed by atoms with E-state index in [1.807, 2.05) is 66.7 Å². The van der Waals surface area contributed by atoms with Gasteiger partial charge in [0.05, 0.1) is 13.2 Å². The van der Waals surface area contributed by atoms with Gasteiger partial charge in [-0.05, 0) is 39.4 Å². The Morgan fingerprint density at radius 2 is 1.45 bits per heavy atom. The molecule has 1 N–H and O–H groups in total. The Labute approximate surface area is 185 Å². The average Bonchev–Trinajstić information content (AvgIpc) is 3.11. The Morgan fingerprint density at radius 1 is 0.871 bits per heavy atom. The number of nitrogens with one attached hydrogen (secondary N) is 1. The zero-order chi connectivity index (χ0) is 21.6. The molecule has 0 spiro atoms. The van der Waals surface area contributed by atoms with Crippen molar-refractivity contribution in [3.05, 3.63) is 95.6 Å². The summed E-state index contributed by atoms with van der Waals surface area (Å²) in [6.07, 6.45) is -0.704. The lowest BCUT2D eigenvalue weighted by Gasteiger charge is -2.17. The molecule has 158 valence electrons. The van der Waals surface area contributed by atoms with Crippen LogP contribution in [-0.2, 0) is 20.9 Å². The Morgan fingerprint density at radius 3 is 2.06 bits per heavy atom. The summed E-state index contributed by atoms with van der Waals surface area (Å²) in [5, 5.41) is 1.80. The smallest absolute Gasteiger partial charge is 0.407 e. The van der Waals surface area contributed by atoms with Gasteiger partial charge in [-0.15, -0.1) is 0 Å². The number of fused-ring (bicyclic) bond motifs is 3. The van der Waals surface area contributed by atoms with Crippen LogP contribution in [0.1, 0.15) is 22.6 Å². The molecule has 3 aromatic rings. The first-order valence-electron chi connectivity index (χ1n) is 10.1. The number of rotatable bonds is 8. The quantitative estimate of drug-likeness (QED) is 0.512. The minimum Gasteiger partial charge on any atom is -0.449 e. The number of carbonyl (C=O) groups is 2. The van der Waals surface area contributed by atoms with Crippen LogP contribution < -0.4 is 5.32 Å². The third-order valence-corrected chi connectivity index (χ3v) is 5.57. The Hall–Kier alpha value is -3.15. The van der Waals surface area contributed by atoms with Gasteiger partial charge < -0.3 is 14.8 Å². The highest BCUT2D eigenvalue weighted by atomic mass is 35.5. The van der Waals surface area contributed by atoms with E-state index in [2.05, 4.69) is 17.4 Å². The highest BCUT2D eigenvalue weighted by Crippen LogP contribution is 2.44. The molecule has 1 aliphatic carbocycles. The molecule has 0 bridgehead atoms. The van der Waals surface area contributed by atoms with Gasteiger partial charge in [-0.1, -0.05) is 78.9 Å². The van der Waals surface area contributed by atoms with Gasteiger partial charge in [-0.2, -0.15) is 0 Å². The molecular weight excluding hydrogens is 414 g/mol. The first kappa shape index (κ1) is 21.1. The second kappa shape index (κ2) is 9.77. The van der Waals surface area contributed by atoms with Crippen LogP contribution in [0.25, 0.3) is 11.1 Å². The number of alkyl carbamates (subject to hydrolysis) is 1. The van der Waals surface area contributed by atoms with Gasteiger partial charge in [0.25, 0.3) is 0 Å². The molecule has 0 radical (unpaired) electrons. The van der Waals surface area contributed by atoms with Crippen molar-refractivity contribution >= 4 is 22.9 Å². The molecular formula is C25H22ClNO4. The molecule has 0 heterocycles. The lowest BCUT2D eigenvalue weighted by atomic mass is 9.98. The maximum atomic E-state index is 12.4. The van der Waals surface area contributed by atoms with Crippen molar-refractivity contribution in [1.82, 2.24) is 5.32 Å². The summed E-state index contributed by atoms with van der Waals surface area (Å²) in [4.78, 5) is 24.1. The van der Waals surface area contributed by atoms with Gasteiger partial charge in [0.15, 0.2) is 0 Å². The predicted molar refractivity (Wildman–Crippen MR) is 119 cm³/mol. The fourth-order valence-electron chi connectivity index (χ4n) is 3.82. The summed E-state index contributed by atoms with van der Waals surface area (Å²) < 4.78 is 11.0. The topological polar surface area (TPSA) is 64.6 Å². The van der Waals surface area contributed by atoms with Gasteiger partial charge in [0.1, 0.15) is 12.6 Å². The molecule has 3 aromatic carbocycles. The van der Waals surface area contributed by atoms with Crippen LogP contribution in [0.15, 0.2) is 78.9 Å². The molecule has 1 amide bonds. The molecule has 5 nitrogen and oxygen atoms in total. The summed E-state index contributed by atoms with van der Waals surface area (Å²) >= 11 is 5.64. The number of benzene rings is 3. The second-order valence-electron chi connectivity index (χ2n) is 7.33. The molecule has 0 saturated heterocycles. The van der Waals surface area contributed by atoms with E-state index in [1.165, 1.54) is 0 Å². The number of hydrogen-bond acceptors (Lipinski definition) is 4. The van der Waals surface area contributed by atoms with Crippen LogP contribution in [-0.4, -0.2) is 30.6 Å². The van der Waals surface area contributed by atoms with Crippen molar-refractivity contribution in [2.24, 2.45) is 0 Å². The van der Waals surface area contributed by atoms with E-state index >= 15 is 0 Å². The molecule has 0 saturated carbocycles. The molecule has 4 rings (SSSR count). The first-order valence-corrected chi connectivity index (χ1v) is 10.4. The summed E-state index contributed by atoms with van der Waals surface area (Å²) in [7, 11) is 0. The maximum absolute atomic E-state index is 12.4. The van der Waals surface area contributed by atoms with Crippen LogP contribution in [0, 0.1) is 0 Å². The Kier molecular flexibility index (Phi) is 6.65. The Bertz CT molecular complexity index is 1020. The van der Waals surface area contributed by atoms with Crippen molar-refractivity contribution < 1.29 is 19.1 Å². The first-order chi connectivity index (χ1) is 15.1. The zero-order valence-electron chi connectivity index (χ0n) is 16.8. The summed E-state index contributed by atoms with van der Waals surface area (Å²) in [5.74, 6) is -0.0577. The van der Waals surface area contributed by atoms with Gasteiger partial charge in [0, 0.05) is 5.92 Å². The van der Waals surface area contributed by atoms with Gasteiger partial charge in [0.2, 0.25) is 5.24 Å². The van der Waals surface area contributed by atoms with Crippen LogP contribution in [0.5, 0.6) is 0 Å². The monoisotopic (exact) mass is 435 g/mol. The third-order valence-electron chi connectivity index (χ3n) is 5.31. The van der Waals surface area contributed by atoms with E-state index < -0.39 is 17.4 Å². The van der Waals surface area contributed by atoms with Gasteiger partial charge >= 0.3 is 6.09 Å². The fraction of sp³-hybridized carbons (Fsp3) is 0.200. The van der Waals surface area contributed by atoms with Crippen LogP contribution in [0.4, 0.5) is 4.79 Å². The van der Waals surface area contributed by atoms with Crippen molar-refractivity contribution in [2.45, 2.75) is 18.6 Å². The van der Waals surface area contributed by atoms with E-state index in [0.717, 1.165) is 27.8 Å². The number of amides is 1. The summed E-state index contributed by atoms with van der Waals surface area (Å²) in [6, 6.07) is 24.7. The van der Waals surface area contributed by atoms with E-state index in [1.54, 1.807) is 0 Å². The van der Waals surface area contributed by atoms with Gasteiger partial charge in [-0.25, -0.2) is 4.79 Å². The zero-order valence-corrected chi connectivity index (χ0v) is 17.5. The summed E-state index contributed by atoms with van der Waals surface area (Å²) in [5.41, 5.74) is 5.50. The van der Waals surface area contributed by atoms with Crippen LogP contribution >= 0.6 is 11.6 Å². The molecule has 0 aliphatic heterocycles. The third kappa shape index (κ3) is 4.95. The van der Waals surface area contributed by atoms with E-state index in [9.17, 15) is 9.59 Å². The average molecular weight is 436 g/mol. The highest BCUT2D eigenvalue weighted by molar-refractivity contribution is 6.64. The highest BCUT2D eigenvalue weighted by Gasteiger charge is 2.29. The van der Waals surface area contributed by atoms with E-state index in [0.29, 0.717) is 6.61 Å². The molecule has 6 heteroatoms. The SMILES string of the molecule is O=C(N[C@@H](COCc1ccccc1)C(=O)Cl)OCC1c2ccccc2-c2ccccc21. The van der Waals surface area contributed by atoms with Crippen LogP contribution in [0.2, 0.25) is 0 Å². The van der Waals surface area contributed by atoms with E-state index in [-0.39, 0.29) is 19.1 Å². The normalized spacial score (nSPS) is 13.2. The van der Waals surface area contributed by atoms with Crippen molar-refractivity contribution in [1.29, 1.82) is 0 Å². The number of ether oxygens (including phenoxy) is 2. The predicted octanol–water partition coefficient (Wildman–Crippen LogP) is 4.88. The standard InChI is InChI=1S/C25H22ClNO4/c26-24(28)23(16-30-14-17-8-2-1-3-9-17)27-25(29)31-15-22-20-12-6-4-10-18(20)19-11-5-7-13-21(19)22/h1-13,22-23H,14-16H2,(H,27,29)/t23-/m0/s1. The number of carbonyl (C=O) groups excluding carboxylic acids is 2.